The highest BCUT2D eigenvalue weighted by Crippen LogP contribution is 1.97. The van der Waals surface area contributed by atoms with E-state index in [0.717, 1.165) is 0 Å². The minimum absolute atomic E-state index is 0.00672. The van der Waals surface area contributed by atoms with Gasteiger partial charge in [0.15, 0.2) is 0 Å². The molecule has 0 fully saturated rings. The summed E-state index contributed by atoms with van der Waals surface area (Å²) in [5.41, 5.74) is -0.244. The number of hydrogen-bond donors (Lipinski definition) is 2. The average molecular weight is 244 g/mol. The second-order valence-electron chi connectivity index (χ2n) is 5.30. The van der Waals surface area contributed by atoms with Gasteiger partial charge < -0.3 is 15.4 Å². The zero-order valence-electron chi connectivity index (χ0n) is 11.4. The van der Waals surface area contributed by atoms with Crippen LogP contribution in [0.5, 0.6) is 0 Å². The van der Waals surface area contributed by atoms with Crippen molar-refractivity contribution in [1.82, 2.24) is 10.6 Å². The first-order valence-electron chi connectivity index (χ1n) is 5.89. The second kappa shape index (κ2) is 7.27. The maximum absolute atomic E-state index is 11.3. The molecule has 0 atom stereocenters. The van der Waals surface area contributed by atoms with Crippen LogP contribution in [-0.2, 0) is 14.3 Å². The molecule has 17 heavy (non-hydrogen) atoms. The van der Waals surface area contributed by atoms with Gasteiger partial charge in [-0.25, -0.2) is 0 Å². The van der Waals surface area contributed by atoms with E-state index in [4.69, 9.17) is 4.74 Å². The van der Waals surface area contributed by atoms with Crippen LogP contribution in [0.3, 0.4) is 0 Å². The quantitative estimate of drug-likeness (QED) is 0.676. The molecule has 0 unspecified atom stereocenters. The monoisotopic (exact) mass is 244 g/mol. The lowest BCUT2D eigenvalue weighted by Crippen LogP contribution is -2.42. The molecule has 100 valence electrons. The molecule has 2 N–H and O–H groups in total. The third-order valence-corrected chi connectivity index (χ3v) is 1.82. The number of rotatable bonds is 6. The van der Waals surface area contributed by atoms with Crippen molar-refractivity contribution in [2.24, 2.45) is 5.92 Å². The Bertz CT molecular complexity index is 257. The van der Waals surface area contributed by atoms with Gasteiger partial charge in [0, 0.05) is 18.0 Å². The fourth-order valence-electron chi connectivity index (χ4n) is 1.07. The van der Waals surface area contributed by atoms with Crippen molar-refractivity contribution >= 4 is 11.8 Å². The van der Waals surface area contributed by atoms with E-state index in [1.807, 2.05) is 34.6 Å². The summed E-state index contributed by atoms with van der Waals surface area (Å²) < 4.78 is 5.14. The molecule has 0 aromatic rings. The van der Waals surface area contributed by atoms with Gasteiger partial charge in [0.25, 0.3) is 0 Å². The third kappa shape index (κ3) is 9.81. The number of amides is 2. The normalized spacial score (nSPS) is 11.4. The Morgan fingerprint density at radius 1 is 1.24 bits per heavy atom. The topological polar surface area (TPSA) is 67.4 Å². The summed E-state index contributed by atoms with van der Waals surface area (Å²) >= 11 is 0. The molecule has 0 saturated heterocycles. The molecule has 0 aromatic heterocycles. The Balaban J connectivity index is 3.53. The van der Waals surface area contributed by atoms with Gasteiger partial charge in [0.2, 0.25) is 11.8 Å². The van der Waals surface area contributed by atoms with E-state index < -0.39 is 0 Å². The fraction of sp³-hybridized carbons (Fsp3) is 0.833. The fourth-order valence-corrected chi connectivity index (χ4v) is 1.07. The van der Waals surface area contributed by atoms with Crippen molar-refractivity contribution in [2.75, 3.05) is 19.8 Å². The molecule has 0 aliphatic carbocycles. The van der Waals surface area contributed by atoms with Crippen LogP contribution >= 0.6 is 0 Å². The Morgan fingerprint density at radius 2 is 1.82 bits per heavy atom. The Hall–Kier alpha value is -1.10. The highest BCUT2D eigenvalue weighted by atomic mass is 16.5. The molecule has 0 bridgehead atoms. The highest BCUT2D eigenvalue weighted by molar-refractivity contribution is 5.78. The number of hydrogen-bond acceptors (Lipinski definition) is 3. The van der Waals surface area contributed by atoms with Gasteiger partial charge in [-0.1, -0.05) is 13.8 Å². The van der Waals surface area contributed by atoms with Gasteiger partial charge in [-0.05, 0) is 20.8 Å². The van der Waals surface area contributed by atoms with Crippen LogP contribution in [0.4, 0.5) is 0 Å². The zero-order chi connectivity index (χ0) is 13.5. The first kappa shape index (κ1) is 15.9. The first-order chi connectivity index (χ1) is 7.72. The summed E-state index contributed by atoms with van der Waals surface area (Å²) in [5, 5.41) is 5.49. The lowest BCUT2D eigenvalue weighted by molar-refractivity contribution is -0.127. The smallest absolute Gasteiger partial charge is 0.246 e. The molecule has 0 aliphatic heterocycles. The van der Waals surface area contributed by atoms with E-state index >= 15 is 0 Å². The van der Waals surface area contributed by atoms with Gasteiger partial charge in [-0.3, -0.25) is 9.59 Å². The highest BCUT2D eigenvalue weighted by Gasteiger charge is 2.13. The summed E-state index contributed by atoms with van der Waals surface area (Å²) in [6.45, 7) is 10.2. The summed E-state index contributed by atoms with van der Waals surface area (Å²) in [4.78, 5) is 22.5. The molecule has 0 heterocycles. The second-order valence-corrected chi connectivity index (χ2v) is 5.30. The molecule has 0 spiro atoms. The molecular weight excluding hydrogens is 220 g/mol. The third-order valence-electron chi connectivity index (χ3n) is 1.82. The van der Waals surface area contributed by atoms with Crippen molar-refractivity contribution < 1.29 is 14.3 Å². The van der Waals surface area contributed by atoms with E-state index in [1.54, 1.807) is 0 Å². The van der Waals surface area contributed by atoms with Gasteiger partial charge in [0.05, 0.1) is 6.61 Å². The maximum Gasteiger partial charge on any atom is 0.246 e. The molecule has 2 amide bonds. The summed E-state index contributed by atoms with van der Waals surface area (Å²) in [5.74, 6) is -0.181. The van der Waals surface area contributed by atoms with Crippen LogP contribution in [0.15, 0.2) is 0 Å². The Kier molecular flexibility index (Phi) is 6.80. The van der Waals surface area contributed by atoms with E-state index in [2.05, 4.69) is 10.6 Å². The summed E-state index contributed by atoms with van der Waals surface area (Å²) in [6, 6.07) is 0. The molecule has 0 rings (SSSR count). The first-order valence-corrected chi connectivity index (χ1v) is 5.89. The van der Waals surface area contributed by atoms with Crippen LogP contribution in [0, 0.1) is 5.92 Å². The SMILES string of the molecule is CC(C)C(=O)NCCOCC(=O)NC(C)(C)C. The van der Waals surface area contributed by atoms with Gasteiger partial charge in [-0.15, -0.1) is 0 Å². The van der Waals surface area contributed by atoms with Crippen molar-refractivity contribution in [3.63, 3.8) is 0 Å². The molecular formula is C12H24N2O3. The predicted molar refractivity (Wildman–Crippen MR) is 66.6 cm³/mol. The minimum atomic E-state index is -0.244. The van der Waals surface area contributed by atoms with Crippen molar-refractivity contribution in [2.45, 2.75) is 40.2 Å². The largest absolute Gasteiger partial charge is 0.370 e. The lowest BCUT2D eigenvalue weighted by atomic mass is 10.1. The number of ether oxygens (including phenoxy) is 1. The summed E-state index contributed by atoms with van der Waals surface area (Å²) in [7, 11) is 0. The number of carbonyl (C=O) groups is 2. The van der Waals surface area contributed by atoms with Crippen molar-refractivity contribution in [3.8, 4) is 0 Å². The molecule has 5 heteroatoms. The molecule has 0 aliphatic rings. The van der Waals surface area contributed by atoms with Crippen molar-refractivity contribution in [1.29, 1.82) is 0 Å². The van der Waals surface area contributed by atoms with Crippen LogP contribution in [-0.4, -0.2) is 37.1 Å². The van der Waals surface area contributed by atoms with Gasteiger partial charge in [0.1, 0.15) is 6.61 Å². The minimum Gasteiger partial charge on any atom is -0.370 e. The van der Waals surface area contributed by atoms with Crippen molar-refractivity contribution in [3.05, 3.63) is 0 Å². The van der Waals surface area contributed by atoms with Gasteiger partial charge in [-0.2, -0.15) is 0 Å². The Labute approximate surface area is 103 Å². The standard InChI is InChI=1S/C12H24N2O3/c1-9(2)11(16)13-6-7-17-8-10(15)14-12(3,4)5/h9H,6-8H2,1-5H3,(H,13,16)(H,14,15). The van der Waals surface area contributed by atoms with E-state index in [-0.39, 0.29) is 29.9 Å². The molecule has 5 nitrogen and oxygen atoms in total. The summed E-state index contributed by atoms with van der Waals surface area (Å²) in [6.07, 6.45) is 0. The average Bonchev–Trinajstić information content (AvgIpc) is 2.13. The predicted octanol–water partition coefficient (Wildman–Crippen LogP) is 0.690. The van der Waals surface area contributed by atoms with Gasteiger partial charge >= 0.3 is 0 Å². The van der Waals surface area contributed by atoms with E-state index in [1.165, 1.54) is 0 Å². The lowest BCUT2D eigenvalue weighted by Gasteiger charge is -2.20. The van der Waals surface area contributed by atoms with E-state index in [9.17, 15) is 9.59 Å². The van der Waals surface area contributed by atoms with Crippen LogP contribution in [0.2, 0.25) is 0 Å². The number of carbonyl (C=O) groups excluding carboxylic acids is 2. The Morgan fingerprint density at radius 3 is 2.29 bits per heavy atom. The van der Waals surface area contributed by atoms with E-state index in [0.29, 0.717) is 13.2 Å². The molecule has 0 radical (unpaired) electrons. The van der Waals surface area contributed by atoms with Crippen LogP contribution in [0.1, 0.15) is 34.6 Å². The number of nitrogens with one attached hydrogen (secondary N) is 2. The maximum atomic E-state index is 11.3. The van der Waals surface area contributed by atoms with Crippen LogP contribution < -0.4 is 10.6 Å². The molecule has 0 saturated carbocycles. The van der Waals surface area contributed by atoms with Crippen LogP contribution in [0.25, 0.3) is 0 Å². The molecule has 0 aromatic carbocycles. The zero-order valence-corrected chi connectivity index (χ0v) is 11.4.